The van der Waals surface area contributed by atoms with Gasteiger partial charge in [-0.25, -0.2) is 8.78 Å². The standard InChI is InChI=1S/C17H21F2N5O.C2H6.CH3F/c1-9(20)24-13-7-15(17(24)22)23(8-13)16(25)6-12(21)5-10-4-11(18)2-3-14(10)19;2*1-2/h2-4,12-13,15,20,22H,5-8,21H2,1H3;1-2H3;1H3/t12?,13-,15-;;/m1../s1. The van der Waals surface area contributed by atoms with Gasteiger partial charge in [0.25, 0.3) is 0 Å². The molecule has 2 aliphatic rings. The first kappa shape index (κ1) is 24.6. The maximum absolute atomic E-state index is 13.7. The number of hydrogen-bond donors (Lipinski definition) is 3. The Morgan fingerprint density at radius 1 is 1.31 bits per heavy atom. The molecular weight excluding hydrogens is 383 g/mol. The zero-order chi connectivity index (χ0) is 22.3. The summed E-state index contributed by atoms with van der Waals surface area (Å²) in [5, 5.41) is 15.9. The number of fused-ring (bicyclic) bond motifs is 2. The molecule has 0 spiro atoms. The smallest absolute Gasteiger partial charge is 0.224 e. The Bertz CT molecular complexity index is 743. The molecule has 0 saturated carbocycles. The van der Waals surface area contributed by atoms with Crippen molar-refractivity contribution in [3.8, 4) is 0 Å². The second-order valence-corrected chi connectivity index (χ2v) is 6.70. The molecule has 3 rings (SSSR count). The van der Waals surface area contributed by atoms with Gasteiger partial charge >= 0.3 is 0 Å². The third kappa shape index (κ3) is 5.56. The van der Waals surface area contributed by atoms with E-state index in [0.717, 1.165) is 18.2 Å². The number of amidine groups is 2. The zero-order valence-electron chi connectivity index (χ0n) is 17.3. The molecule has 4 N–H and O–H groups in total. The number of hydrogen-bond acceptors (Lipinski definition) is 4. The second-order valence-electron chi connectivity index (χ2n) is 6.70. The normalized spacial score (nSPS) is 20.5. The molecule has 2 fully saturated rings. The molecule has 2 aliphatic heterocycles. The topological polar surface area (TPSA) is 97.3 Å². The number of nitrogens with two attached hydrogens (primary N) is 1. The van der Waals surface area contributed by atoms with E-state index >= 15 is 0 Å². The van der Waals surface area contributed by atoms with Crippen LogP contribution in [0, 0.1) is 22.5 Å². The number of carbonyl (C=O) groups is 1. The summed E-state index contributed by atoms with van der Waals surface area (Å²) < 4.78 is 36.4. The summed E-state index contributed by atoms with van der Waals surface area (Å²) in [6.07, 6.45) is 0.727. The van der Waals surface area contributed by atoms with Crippen LogP contribution >= 0.6 is 0 Å². The molecule has 9 heteroatoms. The van der Waals surface area contributed by atoms with Crippen molar-refractivity contribution >= 4 is 17.6 Å². The fraction of sp³-hybridized carbons (Fsp3) is 0.550. The number of piperazine rings is 1. The van der Waals surface area contributed by atoms with E-state index in [-0.39, 0.29) is 42.2 Å². The number of carbonyl (C=O) groups excluding carboxylic acids is 1. The van der Waals surface area contributed by atoms with Gasteiger partial charge in [-0.05, 0) is 43.5 Å². The highest BCUT2D eigenvalue weighted by atomic mass is 19.1. The van der Waals surface area contributed by atoms with Gasteiger partial charge in [-0.2, -0.15) is 0 Å². The predicted octanol–water partition coefficient (Wildman–Crippen LogP) is 3.10. The Hall–Kier alpha value is -2.42. The molecule has 1 aromatic carbocycles. The van der Waals surface area contributed by atoms with Crippen molar-refractivity contribution in [2.24, 2.45) is 5.73 Å². The van der Waals surface area contributed by atoms with Crippen LogP contribution in [0.15, 0.2) is 18.2 Å². The number of alkyl halides is 1. The summed E-state index contributed by atoms with van der Waals surface area (Å²) in [4.78, 5) is 15.8. The van der Waals surface area contributed by atoms with Crippen LogP contribution in [-0.4, -0.2) is 59.2 Å². The summed E-state index contributed by atoms with van der Waals surface area (Å²) in [6.45, 7) is 6.09. The second kappa shape index (κ2) is 10.9. The fourth-order valence-electron chi connectivity index (χ4n) is 3.74. The number of likely N-dealkylation sites (tertiary alicyclic amines) is 2. The van der Waals surface area contributed by atoms with Gasteiger partial charge < -0.3 is 15.5 Å². The van der Waals surface area contributed by atoms with Gasteiger partial charge in [-0.3, -0.25) is 20.0 Å². The molecule has 29 heavy (non-hydrogen) atoms. The van der Waals surface area contributed by atoms with Gasteiger partial charge in [-0.1, -0.05) is 13.8 Å². The minimum Gasteiger partial charge on any atom is -0.330 e. The van der Waals surface area contributed by atoms with Crippen LogP contribution in [0.3, 0.4) is 0 Å². The average molecular weight is 413 g/mol. The highest BCUT2D eigenvalue weighted by Crippen LogP contribution is 2.32. The summed E-state index contributed by atoms with van der Waals surface area (Å²) in [6, 6.07) is 2.20. The molecular formula is C20H30F3N5O. The van der Waals surface area contributed by atoms with Crippen molar-refractivity contribution in [2.45, 2.75) is 58.2 Å². The summed E-state index contributed by atoms with van der Waals surface area (Å²) in [5.74, 6) is -0.695. The van der Waals surface area contributed by atoms with E-state index in [2.05, 4.69) is 0 Å². The van der Waals surface area contributed by atoms with Gasteiger partial charge in [0.1, 0.15) is 17.5 Å². The number of rotatable bonds is 4. The molecule has 2 heterocycles. The molecule has 162 valence electrons. The van der Waals surface area contributed by atoms with Crippen LogP contribution in [0.5, 0.6) is 0 Å². The zero-order valence-corrected chi connectivity index (χ0v) is 17.3. The minimum atomic E-state index is -0.627. The first-order chi connectivity index (χ1) is 13.8. The molecule has 1 aromatic rings. The van der Waals surface area contributed by atoms with Gasteiger partial charge in [0.2, 0.25) is 5.91 Å². The number of nitrogens with one attached hydrogen (secondary N) is 2. The van der Waals surface area contributed by atoms with E-state index in [4.69, 9.17) is 16.6 Å². The van der Waals surface area contributed by atoms with Crippen molar-refractivity contribution in [3.05, 3.63) is 35.4 Å². The van der Waals surface area contributed by atoms with Crippen molar-refractivity contribution in [3.63, 3.8) is 0 Å². The molecule has 6 nitrogen and oxygen atoms in total. The van der Waals surface area contributed by atoms with E-state index < -0.39 is 17.7 Å². The summed E-state index contributed by atoms with van der Waals surface area (Å²) in [7, 11) is 0.500. The Morgan fingerprint density at radius 2 is 1.93 bits per heavy atom. The van der Waals surface area contributed by atoms with Crippen LogP contribution in [0.1, 0.15) is 39.2 Å². The molecule has 1 unspecified atom stereocenters. The van der Waals surface area contributed by atoms with Crippen molar-refractivity contribution in [1.29, 1.82) is 10.8 Å². The van der Waals surface area contributed by atoms with E-state index in [1.807, 2.05) is 13.8 Å². The average Bonchev–Trinajstić information content (AvgIpc) is 3.26. The van der Waals surface area contributed by atoms with Gasteiger partial charge in [0, 0.05) is 19.0 Å². The first-order valence-corrected chi connectivity index (χ1v) is 9.57. The van der Waals surface area contributed by atoms with Crippen LogP contribution in [0.4, 0.5) is 13.2 Å². The van der Waals surface area contributed by atoms with Crippen LogP contribution < -0.4 is 5.73 Å². The lowest BCUT2D eigenvalue weighted by atomic mass is 10.0. The minimum absolute atomic E-state index is 0.00995. The molecule has 0 radical (unpaired) electrons. The van der Waals surface area contributed by atoms with E-state index in [1.165, 1.54) is 0 Å². The number of halogens is 3. The third-order valence-electron chi connectivity index (χ3n) is 4.83. The molecule has 2 bridgehead atoms. The lowest BCUT2D eigenvalue weighted by molar-refractivity contribution is -0.131. The number of benzene rings is 1. The number of nitrogens with zero attached hydrogens (tertiary/aromatic N) is 2. The largest absolute Gasteiger partial charge is 0.330 e. The molecule has 1 amide bonds. The van der Waals surface area contributed by atoms with Crippen molar-refractivity contribution in [1.82, 2.24) is 9.80 Å². The van der Waals surface area contributed by atoms with Gasteiger partial charge in [0.05, 0.1) is 25.1 Å². The maximum atomic E-state index is 13.7. The lowest BCUT2D eigenvalue weighted by Crippen LogP contribution is -2.54. The van der Waals surface area contributed by atoms with Crippen molar-refractivity contribution in [2.75, 3.05) is 13.7 Å². The van der Waals surface area contributed by atoms with E-state index in [1.54, 1.807) is 16.7 Å². The van der Waals surface area contributed by atoms with E-state index in [0.29, 0.717) is 26.0 Å². The highest BCUT2D eigenvalue weighted by molar-refractivity contribution is 6.04. The lowest BCUT2D eigenvalue weighted by Gasteiger charge is -2.35. The monoisotopic (exact) mass is 413 g/mol. The Labute approximate surface area is 169 Å². The Kier molecular flexibility index (Phi) is 9.29. The number of amides is 1. The van der Waals surface area contributed by atoms with Crippen LogP contribution in [0.2, 0.25) is 0 Å². The maximum Gasteiger partial charge on any atom is 0.224 e. The SMILES string of the molecule is CC.CC(=N)N1C(=N)[C@H]2C[C@@H]1CN2C(=O)CC(N)Cc1cc(F)ccc1F.CF. The summed E-state index contributed by atoms with van der Waals surface area (Å²) in [5.41, 5.74) is 6.12. The molecule has 2 saturated heterocycles. The van der Waals surface area contributed by atoms with E-state index in [9.17, 15) is 18.0 Å². The Morgan fingerprint density at radius 3 is 2.48 bits per heavy atom. The van der Waals surface area contributed by atoms with Gasteiger partial charge in [-0.15, -0.1) is 0 Å². The first-order valence-electron chi connectivity index (χ1n) is 9.57. The molecule has 0 aromatic heterocycles. The molecule has 0 aliphatic carbocycles. The fourth-order valence-corrected chi connectivity index (χ4v) is 3.74. The van der Waals surface area contributed by atoms with Crippen LogP contribution in [-0.2, 0) is 11.2 Å². The van der Waals surface area contributed by atoms with Crippen molar-refractivity contribution < 1.29 is 18.0 Å². The quantitative estimate of drug-likeness (QED) is 0.523. The third-order valence-corrected chi connectivity index (χ3v) is 4.83. The van der Waals surface area contributed by atoms with Gasteiger partial charge in [0.15, 0.2) is 0 Å². The highest BCUT2D eigenvalue weighted by Gasteiger charge is 2.49. The predicted molar refractivity (Wildman–Crippen MR) is 108 cm³/mol. The Balaban J connectivity index is 0.000000989. The molecule has 3 atom stereocenters. The summed E-state index contributed by atoms with van der Waals surface area (Å²) >= 11 is 0. The van der Waals surface area contributed by atoms with Crippen LogP contribution in [0.25, 0.3) is 0 Å².